The Hall–Kier alpha value is -1.03. The van der Waals surface area contributed by atoms with E-state index in [1.165, 1.54) is 11.3 Å². The van der Waals surface area contributed by atoms with E-state index in [1.54, 1.807) is 12.1 Å². The molecule has 1 N–H and O–H groups in total. The summed E-state index contributed by atoms with van der Waals surface area (Å²) in [5.41, 5.74) is 0.860. The van der Waals surface area contributed by atoms with Gasteiger partial charge in [0.05, 0.1) is 10.3 Å². The van der Waals surface area contributed by atoms with Gasteiger partial charge in [-0.25, -0.2) is 0 Å². The number of carboxylic acids is 1. The minimum atomic E-state index is -0.815. The second-order valence-corrected chi connectivity index (χ2v) is 6.45. The van der Waals surface area contributed by atoms with E-state index < -0.39 is 11.9 Å². The van der Waals surface area contributed by atoms with Crippen LogP contribution in [0.1, 0.15) is 10.4 Å². The standard InChI is InChI=1S/C14H12Cl2O2S/c15-12-4-2-1-3-9(12)7-10(14(17)18)8-11-5-6-13(16)19-11/h1-6,10H,7-8H2,(H,17,18). The highest BCUT2D eigenvalue weighted by Crippen LogP contribution is 2.26. The van der Waals surface area contributed by atoms with E-state index in [4.69, 9.17) is 23.2 Å². The molecule has 2 aromatic rings. The number of benzene rings is 1. The average Bonchev–Trinajstić information content (AvgIpc) is 2.76. The first-order chi connectivity index (χ1) is 9.06. The minimum absolute atomic E-state index is 0.421. The zero-order valence-electron chi connectivity index (χ0n) is 9.98. The molecule has 1 heterocycles. The summed E-state index contributed by atoms with van der Waals surface area (Å²) in [5, 5.41) is 9.93. The third-order valence-corrected chi connectivity index (χ3v) is 4.47. The summed E-state index contributed by atoms with van der Waals surface area (Å²) in [6, 6.07) is 11.0. The molecule has 1 aromatic carbocycles. The Labute approximate surface area is 125 Å². The van der Waals surface area contributed by atoms with Crippen LogP contribution in [0.4, 0.5) is 0 Å². The summed E-state index contributed by atoms with van der Waals surface area (Å²) in [6.07, 6.45) is 0.891. The Morgan fingerprint density at radius 3 is 2.47 bits per heavy atom. The lowest BCUT2D eigenvalue weighted by atomic mass is 9.95. The van der Waals surface area contributed by atoms with Crippen LogP contribution < -0.4 is 0 Å². The van der Waals surface area contributed by atoms with E-state index in [2.05, 4.69) is 0 Å². The molecule has 19 heavy (non-hydrogen) atoms. The number of carboxylic acid groups (broad SMARTS) is 1. The van der Waals surface area contributed by atoms with Crippen molar-refractivity contribution in [2.75, 3.05) is 0 Å². The number of carbonyl (C=O) groups is 1. The Kier molecular flexibility index (Phi) is 4.86. The maximum atomic E-state index is 11.4. The zero-order chi connectivity index (χ0) is 13.8. The van der Waals surface area contributed by atoms with Gasteiger partial charge >= 0.3 is 5.97 Å². The predicted octanol–water partition coefficient (Wildman–Crippen LogP) is 4.54. The molecule has 2 nitrogen and oxygen atoms in total. The van der Waals surface area contributed by atoms with Crippen molar-refractivity contribution in [2.24, 2.45) is 5.92 Å². The van der Waals surface area contributed by atoms with Crippen LogP contribution in [0, 0.1) is 5.92 Å². The molecule has 0 aliphatic carbocycles. The van der Waals surface area contributed by atoms with Crippen molar-refractivity contribution >= 4 is 40.5 Å². The lowest BCUT2D eigenvalue weighted by molar-refractivity contribution is -0.141. The summed E-state index contributed by atoms with van der Waals surface area (Å²) in [5.74, 6) is -1.31. The Morgan fingerprint density at radius 2 is 1.89 bits per heavy atom. The molecule has 0 radical (unpaired) electrons. The van der Waals surface area contributed by atoms with Crippen LogP contribution in [0.2, 0.25) is 9.36 Å². The number of rotatable bonds is 5. The number of aliphatic carboxylic acids is 1. The van der Waals surface area contributed by atoms with Gasteiger partial charge in [0.1, 0.15) is 0 Å². The second-order valence-electron chi connectivity index (χ2n) is 4.24. The zero-order valence-corrected chi connectivity index (χ0v) is 12.3. The molecule has 0 saturated carbocycles. The van der Waals surface area contributed by atoms with E-state index in [9.17, 15) is 9.90 Å². The van der Waals surface area contributed by atoms with E-state index >= 15 is 0 Å². The minimum Gasteiger partial charge on any atom is -0.481 e. The van der Waals surface area contributed by atoms with Crippen LogP contribution in [0.3, 0.4) is 0 Å². The quantitative estimate of drug-likeness (QED) is 0.879. The first kappa shape index (κ1) is 14.4. The number of thiophene rings is 1. The molecule has 1 atom stereocenters. The monoisotopic (exact) mass is 314 g/mol. The van der Waals surface area contributed by atoms with Gasteiger partial charge in [-0.2, -0.15) is 0 Å². The van der Waals surface area contributed by atoms with Gasteiger partial charge < -0.3 is 5.11 Å². The fourth-order valence-corrected chi connectivity index (χ4v) is 3.26. The van der Waals surface area contributed by atoms with Crippen molar-refractivity contribution in [1.29, 1.82) is 0 Å². The third kappa shape index (κ3) is 3.96. The molecule has 0 saturated heterocycles. The molecule has 100 valence electrons. The summed E-state index contributed by atoms with van der Waals surface area (Å²) in [6.45, 7) is 0. The third-order valence-electron chi connectivity index (χ3n) is 2.85. The number of halogens is 2. The van der Waals surface area contributed by atoms with Crippen molar-refractivity contribution in [3.63, 3.8) is 0 Å². The maximum Gasteiger partial charge on any atom is 0.307 e. The van der Waals surface area contributed by atoms with Crippen molar-refractivity contribution in [3.05, 3.63) is 56.2 Å². The number of hydrogen-bond acceptors (Lipinski definition) is 2. The SMILES string of the molecule is O=C(O)C(Cc1ccc(Cl)s1)Cc1ccccc1Cl. The fourth-order valence-electron chi connectivity index (χ4n) is 1.88. The van der Waals surface area contributed by atoms with Crippen LogP contribution >= 0.6 is 34.5 Å². The molecule has 1 unspecified atom stereocenters. The van der Waals surface area contributed by atoms with Gasteiger partial charge in [-0.15, -0.1) is 11.3 Å². The summed E-state index contributed by atoms with van der Waals surface area (Å²) >= 11 is 13.3. The second kappa shape index (κ2) is 6.42. The number of hydrogen-bond donors (Lipinski definition) is 1. The van der Waals surface area contributed by atoms with Gasteiger partial charge in [-0.3, -0.25) is 4.79 Å². The van der Waals surface area contributed by atoms with E-state index in [1.807, 2.05) is 24.3 Å². The molecule has 0 amide bonds. The largest absolute Gasteiger partial charge is 0.481 e. The van der Waals surface area contributed by atoms with Gasteiger partial charge in [0.2, 0.25) is 0 Å². The molecule has 1 aromatic heterocycles. The molecule has 0 aliphatic heterocycles. The normalized spacial score (nSPS) is 12.3. The smallest absolute Gasteiger partial charge is 0.307 e. The highest BCUT2D eigenvalue weighted by atomic mass is 35.5. The molecule has 2 rings (SSSR count). The summed E-state index contributed by atoms with van der Waals surface area (Å²) < 4.78 is 0.678. The van der Waals surface area contributed by atoms with E-state index in [-0.39, 0.29) is 0 Å². The molecule has 0 fully saturated rings. The summed E-state index contributed by atoms with van der Waals surface area (Å²) in [7, 11) is 0. The maximum absolute atomic E-state index is 11.4. The Balaban J connectivity index is 2.13. The molecule has 0 bridgehead atoms. The lowest BCUT2D eigenvalue weighted by Crippen LogP contribution is -2.18. The first-order valence-corrected chi connectivity index (χ1v) is 7.34. The van der Waals surface area contributed by atoms with Crippen molar-refractivity contribution in [3.8, 4) is 0 Å². The summed E-state index contributed by atoms with van der Waals surface area (Å²) in [4.78, 5) is 12.3. The van der Waals surface area contributed by atoms with Crippen LogP contribution in [-0.4, -0.2) is 11.1 Å². The Morgan fingerprint density at radius 1 is 1.16 bits per heavy atom. The van der Waals surface area contributed by atoms with Gasteiger partial charge in [-0.1, -0.05) is 41.4 Å². The highest BCUT2D eigenvalue weighted by Gasteiger charge is 2.20. The molecular weight excluding hydrogens is 303 g/mol. The van der Waals surface area contributed by atoms with Crippen molar-refractivity contribution < 1.29 is 9.90 Å². The topological polar surface area (TPSA) is 37.3 Å². The molecule has 5 heteroatoms. The average molecular weight is 315 g/mol. The van der Waals surface area contributed by atoms with Crippen LogP contribution in [-0.2, 0) is 17.6 Å². The fraction of sp³-hybridized carbons (Fsp3) is 0.214. The van der Waals surface area contributed by atoms with Gasteiger partial charge in [0.15, 0.2) is 0 Å². The lowest BCUT2D eigenvalue weighted by Gasteiger charge is -2.12. The van der Waals surface area contributed by atoms with Crippen LogP contribution in [0.15, 0.2) is 36.4 Å². The molecular formula is C14H12Cl2O2S. The first-order valence-electron chi connectivity index (χ1n) is 5.76. The van der Waals surface area contributed by atoms with E-state index in [0.29, 0.717) is 22.2 Å². The molecule has 0 aliphatic rings. The van der Waals surface area contributed by atoms with Crippen molar-refractivity contribution in [1.82, 2.24) is 0 Å². The van der Waals surface area contributed by atoms with Crippen LogP contribution in [0.25, 0.3) is 0 Å². The molecule has 0 spiro atoms. The highest BCUT2D eigenvalue weighted by molar-refractivity contribution is 7.16. The van der Waals surface area contributed by atoms with Gasteiger partial charge in [0.25, 0.3) is 0 Å². The van der Waals surface area contributed by atoms with Crippen molar-refractivity contribution in [2.45, 2.75) is 12.8 Å². The van der Waals surface area contributed by atoms with Crippen LogP contribution in [0.5, 0.6) is 0 Å². The van der Waals surface area contributed by atoms with E-state index in [0.717, 1.165) is 10.4 Å². The Bertz CT molecular complexity index is 580. The van der Waals surface area contributed by atoms with Gasteiger partial charge in [0, 0.05) is 9.90 Å². The predicted molar refractivity (Wildman–Crippen MR) is 79.3 cm³/mol. The van der Waals surface area contributed by atoms with Gasteiger partial charge in [-0.05, 0) is 36.6 Å².